The maximum atomic E-state index is 12.6. The normalized spacial score (nSPS) is 25.1. The van der Waals surface area contributed by atoms with Crippen molar-refractivity contribution in [2.75, 3.05) is 24.5 Å². The molecule has 5 heteroatoms. The van der Waals surface area contributed by atoms with Gasteiger partial charge in [-0.3, -0.25) is 14.5 Å². The Bertz CT molecular complexity index is 572. The van der Waals surface area contributed by atoms with Crippen molar-refractivity contribution in [1.29, 1.82) is 0 Å². The van der Waals surface area contributed by atoms with Crippen molar-refractivity contribution in [3.63, 3.8) is 0 Å². The van der Waals surface area contributed by atoms with E-state index in [1.165, 1.54) is 5.56 Å². The van der Waals surface area contributed by atoms with E-state index in [1.807, 2.05) is 28.0 Å². The molecule has 0 spiro atoms. The van der Waals surface area contributed by atoms with E-state index in [2.05, 4.69) is 13.0 Å². The maximum absolute atomic E-state index is 12.6. The zero-order chi connectivity index (χ0) is 15.0. The Kier molecular flexibility index (Phi) is 3.68. The van der Waals surface area contributed by atoms with Crippen molar-refractivity contribution in [2.24, 2.45) is 5.92 Å². The zero-order valence-electron chi connectivity index (χ0n) is 12.2. The standard InChI is InChI=1S/C16H20N2O3/c1-11-8-12-4-2-3-5-14(12)18(11)15(19)10-17-7-6-13(9-17)16(20)21/h2-5,11,13H,6-10H2,1H3,(H,20,21)/t11-,13-/m1/s1. The Morgan fingerprint density at radius 2 is 2.10 bits per heavy atom. The number of carboxylic acid groups (broad SMARTS) is 1. The molecule has 1 fully saturated rings. The highest BCUT2D eigenvalue weighted by atomic mass is 16.4. The summed E-state index contributed by atoms with van der Waals surface area (Å²) in [6, 6.07) is 8.17. The van der Waals surface area contributed by atoms with Crippen molar-refractivity contribution in [2.45, 2.75) is 25.8 Å². The quantitative estimate of drug-likeness (QED) is 0.912. The third kappa shape index (κ3) is 2.65. The van der Waals surface area contributed by atoms with E-state index in [4.69, 9.17) is 5.11 Å². The molecular formula is C16H20N2O3. The number of para-hydroxylation sites is 1. The molecule has 21 heavy (non-hydrogen) atoms. The van der Waals surface area contributed by atoms with Crippen LogP contribution >= 0.6 is 0 Å². The number of anilines is 1. The lowest BCUT2D eigenvalue weighted by atomic mass is 10.1. The van der Waals surface area contributed by atoms with Gasteiger partial charge in [-0.25, -0.2) is 0 Å². The summed E-state index contributed by atoms with van der Waals surface area (Å²) in [6.07, 6.45) is 1.52. The SMILES string of the molecule is C[C@@H]1Cc2ccccc2N1C(=O)CN1CC[C@@H](C(=O)O)C1. The summed E-state index contributed by atoms with van der Waals surface area (Å²) in [7, 11) is 0. The Labute approximate surface area is 124 Å². The van der Waals surface area contributed by atoms with Gasteiger partial charge in [0.15, 0.2) is 0 Å². The predicted octanol–water partition coefficient (Wildman–Crippen LogP) is 1.37. The van der Waals surface area contributed by atoms with Gasteiger partial charge in [0.25, 0.3) is 0 Å². The fourth-order valence-corrected chi connectivity index (χ4v) is 3.39. The summed E-state index contributed by atoms with van der Waals surface area (Å²) in [5.74, 6) is -1.02. The first-order valence-electron chi connectivity index (χ1n) is 7.41. The minimum absolute atomic E-state index is 0.0680. The Balaban J connectivity index is 1.68. The average Bonchev–Trinajstić information content (AvgIpc) is 3.01. The third-order valence-electron chi connectivity index (χ3n) is 4.46. The molecule has 1 saturated heterocycles. The van der Waals surface area contributed by atoms with Crippen LogP contribution in [0.5, 0.6) is 0 Å². The predicted molar refractivity (Wildman–Crippen MR) is 79.3 cm³/mol. The minimum Gasteiger partial charge on any atom is -0.481 e. The average molecular weight is 288 g/mol. The summed E-state index contributed by atoms with van der Waals surface area (Å²) in [6.45, 7) is 3.53. The number of amides is 1. The molecule has 112 valence electrons. The van der Waals surface area contributed by atoms with Crippen molar-refractivity contribution >= 4 is 17.6 Å². The van der Waals surface area contributed by atoms with Gasteiger partial charge in [0.05, 0.1) is 12.5 Å². The van der Waals surface area contributed by atoms with Crippen LogP contribution in [0.3, 0.4) is 0 Å². The summed E-state index contributed by atoms with van der Waals surface area (Å²) in [5, 5.41) is 9.03. The zero-order valence-corrected chi connectivity index (χ0v) is 12.2. The van der Waals surface area contributed by atoms with Gasteiger partial charge in [-0.05, 0) is 37.9 Å². The second-order valence-electron chi connectivity index (χ2n) is 6.00. The molecule has 0 saturated carbocycles. The molecule has 5 nitrogen and oxygen atoms in total. The minimum atomic E-state index is -0.759. The van der Waals surface area contributed by atoms with E-state index in [1.54, 1.807) is 0 Å². The van der Waals surface area contributed by atoms with Crippen LogP contribution in [0.1, 0.15) is 18.9 Å². The molecule has 0 unspecified atom stereocenters. The lowest BCUT2D eigenvalue weighted by molar-refractivity contribution is -0.141. The lowest BCUT2D eigenvalue weighted by Gasteiger charge is -2.25. The molecule has 1 N–H and O–H groups in total. The van der Waals surface area contributed by atoms with Gasteiger partial charge in [-0.15, -0.1) is 0 Å². The molecule has 1 aromatic carbocycles. The number of fused-ring (bicyclic) bond motifs is 1. The van der Waals surface area contributed by atoms with E-state index in [0.717, 1.165) is 12.1 Å². The fourth-order valence-electron chi connectivity index (χ4n) is 3.39. The van der Waals surface area contributed by atoms with Crippen LogP contribution in [0.2, 0.25) is 0 Å². The highest BCUT2D eigenvalue weighted by Crippen LogP contribution is 2.32. The highest BCUT2D eigenvalue weighted by Gasteiger charge is 2.34. The number of nitrogens with zero attached hydrogens (tertiary/aromatic N) is 2. The number of carbonyl (C=O) groups excluding carboxylic acids is 1. The van der Waals surface area contributed by atoms with Crippen LogP contribution < -0.4 is 4.90 Å². The molecule has 2 aliphatic heterocycles. The van der Waals surface area contributed by atoms with Gasteiger partial charge in [0, 0.05) is 18.3 Å². The molecule has 0 aromatic heterocycles. The molecule has 0 aliphatic carbocycles. The Morgan fingerprint density at radius 1 is 1.33 bits per heavy atom. The molecule has 1 amide bonds. The maximum Gasteiger partial charge on any atom is 0.307 e. The number of aliphatic carboxylic acids is 1. The van der Waals surface area contributed by atoms with Crippen molar-refractivity contribution in [3.8, 4) is 0 Å². The van der Waals surface area contributed by atoms with Gasteiger partial charge >= 0.3 is 5.97 Å². The molecular weight excluding hydrogens is 268 g/mol. The van der Waals surface area contributed by atoms with Crippen LogP contribution in [0.4, 0.5) is 5.69 Å². The largest absolute Gasteiger partial charge is 0.481 e. The number of benzene rings is 1. The van der Waals surface area contributed by atoms with E-state index in [9.17, 15) is 9.59 Å². The summed E-state index contributed by atoms with van der Waals surface area (Å²) < 4.78 is 0. The first-order chi connectivity index (χ1) is 10.1. The molecule has 2 aliphatic rings. The summed E-state index contributed by atoms with van der Waals surface area (Å²) in [4.78, 5) is 27.4. The number of hydrogen-bond acceptors (Lipinski definition) is 3. The first-order valence-corrected chi connectivity index (χ1v) is 7.41. The molecule has 0 radical (unpaired) electrons. The van der Waals surface area contributed by atoms with Gasteiger partial charge in [0.1, 0.15) is 0 Å². The lowest BCUT2D eigenvalue weighted by Crippen LogP contribution is -2.42. The second-order valence-corrected chi connectivity index (χ2v) is 6.00. The Hall–Kier alpha value is -1.88. The van der Waals surface area contributed by atoms with E-state index in [-0.39, 0.29) is 17.9 Å². The van der Waals surface area contributed by atoms with Crippen molar-refractivity contribution < 1.29 is 14.7 Å². The van der Waals surface area contributed by atoms with Gasteiger partial charge < -0.3 is 10.0 Å². The monoisotopic (exact) mass is 288 g/mol. The molecule has 1 aromatic rings. The summed E-state index contributed by atoms with van der Waals surface area (Å²) in [5.41, 5.74) is 2.21. The number of hydrogen-bond donors (Lipinski definition) is 1. The summed E-state index contributed by atoms with van der Waals surface area (Å²) >= 11 is 0. The third-order valence-corrected chi connectivity index (χ3v) is 4.46. The molecule has 2 atom stereocenters. The second kappa shape index (κ2) is 5.48. The number of likely N-dealkylation sites (tertiary alicyclic amines) is 1. The first kappa shape index (κ1) is 14.1. The smallest absolute Gasteiger partial charge is 0.307 e. The van der Waals surface area contributed by atoms with Crippen LogP contribution in [0.15, 0.2) is 24.3 Å². The Morgan fingerprint density at radius 3 is 2.81 bits per heavy atom. The van der Waals surface area contributed by atoms with E-state index >= 15 is 0 Å². The van der Waals surface area contributed by atoms with Crippen LogP contribution in [-0.2, 0) is 16.0 Å². The molecule has 2 heterocycles. The van der Waals surface area contributed by atoms with Crippen LogP contribution in [0, 0.1) is 5.92 Å². The highest BCUT2D eigenvalue weighted by molar-refractivity contribution is 5.97. The van der Waals surface area contributed by atoms with Gasteiger partial charge in [0.2, 0.25) is 5.91 Å². The van der Waals surface area contributed by atoms with Crippen molar-refractivity contribution in [1.82, 2.24) is 4.90 Å². The van der Waals surface area contributed by atoms with Crippen LogP contribution in [-0.4, -0.2) is 47.6 Å². The number of carbonyl (C=O) groups is 2. The van der Waals surface area contributed by atoms with E-state index in [0.29, 0.717) is 26.1 Å². The number of carboxylic acids is 1. The molecule has 0 bridgehead atoms. The number of rotatable bonds is 3. The van der Waals surface area contributed by atoms with Gasteiger partial charge in [-0.1, -0.05) is 18.2 Å². The van der Waals surface area contributed by atoms with Crippen molar-refractivity contribution in [3.05, 3.63) is 29.8 Å². The molecule has 3 rings (SSSR count). The van der Waals surface area contributed by atoms with Gasteiger partial charge in [-0.2, -0.15) is 0 Å². The fraction of sp³-hybridized carbons (Fsp3) is 0.500. The van der Waals surface area contributed by atoms with E-state index < -0.39 is 5.97 Å². The topological polar surface area (TPSA) is 60.9 Å². The van der Waals surface area contributed by atoms with Crippen LogP contribution in [0.25, 0.3) is 0 Å².